The monoisotopic (exact) mass is 177 g/mol. The van der Waals surface area contributed by atoms with E-state index < -0.39 is 0 Å². The van der Waals surface area contributed by atoms with Crippen molar-refractivity contribution < 1.29 is 8.80 Å². The van der Waals surface area contributed by atoms with Gasteiger partial charge in [0.1, 0.15) is 13.1 Å². The molecular weight excluding hydrogens is 164 g/mol. The Kier molecular flexibility index (Phi) is 2.87. The normalized spacial score (nSPS) is 24.9. The third-order valence-electron chi connectivity index (χ3n) is 2.21. The Bertz CT molecular complexity index is 143. The second kappa shape index (κ2) is 3.52. The summed E-state index contributed by atoms with van der Waals surface area (Å²) in [6.45, 7) is 6.50. The largest absolute Gasteiger partial charge is 0.319 e. The van der Waals surface area contributed by atoms with E-state index in [-0.39, 0.29) is 4.00 Å². The average Bonchev–Trinajstić information content (AvgIpc) is 2.06. The molecule has 0 spiro atoms. The van der Waals surface area contributed by atoms with E-state index in [9.17, 15) is 4.79 Å². The molecule has 0 bridgehead atoms. The Morgan fingerprint density at radius 2 is 2.09 bits per heavy atom. The third-order valence-corrected chi connectivity index (χ3v) is 2.63. The van der Waals surface area contributed by atoms with Gasteiger partial charge >= 0.3 is 6.41 Å². The fourth-order valence-corrected chi connectivity index (χ4v) is 1.41. The smallest absolute Gasteiger partial charge is 0.292 e. The molecule has 1 aliphatic heterocycles. The molecule has 3 nitrogen and oxygen atoms in total. The number of hydrogen-bond acceptors (Lipinski definition) is 2. The third kappa shape index (κ3) is 2.15. The number of quaternary nitrogens is 1. The van der Waals surface area contributed by atoms with Crippen LogP contribution in [0.25, 0.3) is 0 Å². The maximum Gasteiger partial charge on any atom is 0.319 e. The molecule has 0 aromatic rings. The van der Waals surface area contributed by atoms with E-state index in [4.69, 9.17) is 11.8 Å². The highest BCUT2D eigenvalue weighted by Gasteiger charge is 2.30. The number of nitrogens with zero attached hydrogens (tertiary/aromatic N) is 2. The van der Waals surface area contributed by atoms with E-state index in [1.807, 2.05) is 0 Å². The van der Waals surface area contributed by atoms with Gasteiger partial charge in [-0.15, -0.1) is 0 Å². The second-order valence-electron chi connectivity index (χ2n) is 2.91. The minimum atomic E-state index is 0.0660. The molecule has 4 heteroatoms. The molecule has 11 heavy (non-hydrogen) atoms. The highest BCUT2D eigenvalue weighted by Crippen LogP contribution is 2.13. The topological polar surface area (TPSA) is 20.3 Å². The molecule has 1 amide bonds. The minimum absolute atomic E-state index is 0.0660. The lowest BCUT2D eigenvalue weighted by Gasteiger charge is -2.32. The summed E-state index contributed by atoms with van der Waals surface area (Å²) >= 11 is 5.92. The lowest BCUT2D eigenvalue weighted by molar-refractivity contribution is -0.733. The SMILES string of the molecule is CCN1CC[N+](Cl)(C=O)CC1. The highest BCUT2D eigenvalue weighted by atomic mass is 35.5. The van der Waals surface area contributed by atoms with E-state index in [0.29, 0.717) is 0 Å². The molecule has 1 rings (SSSR count). The molecule has 1 heterocycles. The van der Waals surface area contributed by atoms with Gasteiger partial charge < -0.3 is 0 Å². The van der Waals surface area contributed by atoms with Gasteiger partial charge in [-0.05, 0) is 6.54 Å². The van der Waals surface area contributed by atoms with E-state index >= 15 is 0 Å². The number of amides is 1. The Morgan fingerprint density at radius 1 is 1.55 bits per heavy atom. The molecule has 1 saturated heterocycles. The van der Waals surface area contributed by atoms with Crippen LogP contribution < -0.4 is 0 Å². The standard InChI is InChI=1S/C7H14ClN2O/c1-2-9-3-5-10(8,7-11)6-4-9/h7H,2-6H2,1H3/q+1. The van der Waals surface area contributed by atoms with Crippen LogP contribution in [0.15, 0.2) is 0 Å². The predicted octanol–water partition coefficient (Wildman–Crippen LogP) is 0.449. The van der Waals surface area contributed by atoms with Gasteiger partial charge in [-0.3, -0.25) is 4.90 Å². The molecule has 0 N–H and O–H groups in total. The number of piperazine rings is 1. The van der Waals surface area contributed by atoms with Gasteiger partial charge in [0.2, 0.25) is 0 Å². The first-order chi connectivity index (χ1) is 5.20. The van der Waals surface area contributed by atoms with Crippen LogP contribution in [-0.4, -0.2) is 48.0 Å². The first kappa shape index (κ1) is 8.97. The van der Waals surface area contributed by atoms with Crippen molar-refractivity contribution in [3.63, 3.8) is 0 Å². The van der Waals surface area contributed by atoms with Gasteiger partial charge in [-0.25, -0.2) is 4.79 Å². The van der Waals surface area contributed by atoms with Crippen molar-refractivity contribution in [2.45, 2.75) is 6.92 Å². The van der Waals surface area contributed by atoms with Gasteiger partial charge in [0.15, 0.2) is 11.8 Å². The van der Waals surface area contributed by atoms with E-state index in [0.717, 1.165) is 39.1 Å². The number of carbonyl (C=O) groups is 1. The van der Waals surface area contributed by atoms with Crippen molar-refractivity contribution in [2.75, 3.05) is 32.7 Å². The molecular formula is C7H14ClN2O+. The molecule has 0 aromatic heterocycles. The number of likely N-dealkylation sites (N-methyl/N-ethyl adjacent to an activating group) is 1. The van der Waals surface area contributed by atoms with Crippen molar-refractivity contribution in [1.29, 1.82) is 0 Å². The van der Waals surface area contributed by atoms with Crippen LogP contribution in [0.2, 0.25) is 0 Å². The van der Waals surface area contributed by atoms with E-state index in [2.05, 4.69) is 11.8 Å². The summed E-state index contributed by atoms with van der Waals surface area (Å²) in [4.78, 5) is 12.8. The van der Waals surface area contributed by atoms with E-state index in [1.54, 1.807) is 0 Å². The fourth-order valence-electron chi connectivity index (χ4n) is 1.26. The Morgan fingerprint density at radius 3 is 2.45 bits per heavy atom. The molecule has 0 unspecified atom stereocenters. The number of carbonyl (C=O) groups excluding carboxylic acids is 1. The number of halogens is 1. The van der Waals surface area contributed by atoms with Gasteiger partial charge in [0.05, 0.1) is 0 Å². The van der Waals surface area contributed by atoms with Crippen LogP contribution in [0.1, 0.15) is 6.92 Å². The molecule has 1 fully saturated rings. The summed E-state index contributed by atoms with van der Waals surface area (Å²) in [6.07, 6.45) is 0.828. The second-order valence-corrected chi connectivity index (χ2v) is 3.59. The lowest BCUT2D eigenvalue weighted by atomic mass is 10.3. The molecule has 0 aliphatic carbocycles. The summed E-state index contributed by atoms with van der Waals surface area (Å²) in [5.41, 5.74) is 0. The summed E-state index contributed by atoms with van der Waals surface area (Å²) in [7, 11) is 0. The molecule has 0 atom stereocenters. The summed E-state index contributed by atoms with van der Waals surface area (Å²) in [5, 5.41) is 0. The zero-order valence-electron chi connectivity index (χ0n) is 6.79. The maximum atomic E-state index is 10.5. The first-order valence-electron chi connectivity index (χ1n) is 3.95. The predicted molar refractivity (Wildman–Crippen MR) is 44.0 cm³/mol. The summed E-state index contributed by atoms with van der Waals surface area (Å²) in [5.74, 6) is 0. The molecule has 64 valence electrons. The first-order valence-corrected chi connectivity index (χ1v) is 4.29. The average molecular weight is 178 g/mol. The van der Waals surface area contributed by atoms with E-state index in [1.165, 1.54) is 0 Å². The van der Waals surface area contributed by atoms with Crippen molar-refractivity contribution in [2.24, 2.45) is 0 Å². The fraction of sp³-hybridized carbons (Fsp3) is 0.857. The highest BCUT2D eigenvalue weighted by molar-refractivity contribution is 6.09. The van der Waals surface area contributed by atoms with Crippen LogP contribution >= 0.6 is 11.8 Å². The van der Waals surface area contributed by atoms with Crippen LogP contribution in [-0.2, 0) is 4.79 Å². The minimum Gasteiger partial charge on any atom is -0.292 e. The maximum absolute atomic E-state index is 10.5. The van der Waals surface area contributed by atoms with Crippen molar-refractivity contribution in [3.8, 4) is 0 Å². The zero-order chi connectivity index (χ0) is 8.32. The Hall–Kier alpha value is -0.120. The van der Waals surface area contributed by atoms with Crippen LogP contribution in [0.3, 0.4) is 0 Å². The number of hydrogen-bond donors (Lipinski definition) is 0. The Labute approximate surface area is 72.2 Å². The van der Waals surface area contributed by atoms with Crippen LogP contribution in [0, 0.1) is 0 Å². The summed E-state index contributed by atoms with van der Waals surface area (Å²) in [6, 6.07) is 0. The quantitative estimate of drug-likeness (QED) is 0.451. The zero-order valence-corrected chi connectivity index (χ0v) is 7.55. The van der Waals surface area contributed by atoms with Crippen LogP contribution in [0.4, 0.5) is 0 Å². The van der Waals surface area contributed by atoms with Crippen LogP contribution in [0.5, 0.6) is 0 Å². The van der Waals surface area contributed by atoms with Crippen molar-refractivity contribution >= 4 is 18.2 Å². The molecule has 0 saturated carbocycles. The summed E-state index contributed by atoms with van der Waals surface area (Å²) < 4.78 is 0.0660. The number of rotatable bonds is 2. The van der Waals surface area contributed by atoms with Crippen molar-refractivity contribution in [3.05, 3.63) is 0 Å². The molecule has 0 aromatic carbocycles. The van der Waals surface area contributed by atoms with Gasteiger partial charge in [-0.2, -0.15) is 4.00 Å². The molecule has 1 aliphatic rings. The lowest BCUT2D eigenvalue weighted by Crippen LogP contribution is -2.52. The van der Waals surface area contributed by atoms with Gasteiger partial charge in [0, 0.05) is 13.1 Å². The molecule has 0 radical (unpaired) electrons. The van der Waals surface area contributed by atoms with Crippen molar-refractivity contribution in [1.82, 2.24) is 4.90 Å². The van der Waals surface area contributed by atoms with Gasteiger partial charge in [0.25, 0.3) is 0 Å². The Balaban J connectivity index is 2.41. The van der Waals surface area contributed by atoms with Gasteiger partial charge in [-0.1, -0.05) is 6.92 Å².